The first-order valence-corrected chi connectivity index (χ1v) is 15.7. The second-order valence-electron chi connectivity index (χ2n) is 11.1. The first kappa shape index (κ1) is 33.3. The molecular formula is C34H31F3N6O3S. The van der Waals surface area contributed by atoms with Gasteiger partial charge in [-0.05, 0) is 85.5 Å². The number of anilines is 1. The van der Waals surface area contributed by atoms with Crippen LogP contribution in [0.5, 0.6) is 5.75 Å². The van der Waals surface area contributed by atoms with Gasteiger partial charge in [-0.15, -0.1) is 18.3 Å². The minimum Gasteiger partial charge on any atom is -0.406 e. The van der Waals surface area contributed by atoms with Crippen LogP contribution in [0.2, 0.25) is 0 Å². The quantitative estimate of drug-likeness (QED) is 0.210. The van der Waals surface area contributed by atoms with Gasteiger partial charge in [0.1, 0.15) is 12.1 Å². The molecule has 1 aliphatic rings. The van der Waals surface area contributed by atoms with Crippen LogP contribution in [0.3, 0.4) is 0 Å². The molecule has 1 N–H and O–H groups in total. The van der Waals surface area contributed by atoms with E-state index in [0.717, 1.165) is 27.9 Å². The van der Waals surface area contributed by atoms with Crippen LogP contribution in [-0.4, -0.2) is 50.0 Å². The topological polar surface area (TPSA) is 102 Å². The molecule has 3 aromatic carbocycles. The maximum atomic E-state index is 12.8. The van der Waals surface area contributed by atoms with Gasteiger partial charge in [0.05, 0.1) is 17.1 Å². The fraction of sp³-hybridized carbons (Fsp3) is 0.265. The summed E-state index contributed by atoms with van der Waals surface area (Å²) in [6.45, 7) is 7.91. The van der Waals surface area contributed by atoms with Gasteiger partial charge < -0.3 is 10.1 Å². The SMILES string of the molecule is Cc1ccc(C(C)C)c(N2C(=O)CSC2=NC(=O)NC(C)CC#Cc2ccc(-c3ncn(-c4ccc(OC(F)(F)F)cc4)n3)cc2)c1. The van der Waals surface area contributed by atoms with E-state index >= 15 is 0 Å². The van der Waals surface area contributed by atoms with E-state index in [1.807, 2.05) is 56.3 Å². The van der Waals surface area contributed by atoms with Gasteiger partial charge in [-0.3, -0.25) is 9.69 Å². The molecule has 0 bridgehead atoms. The van der Waals surface area contributed by atoms with Gasteiger partial charge >= 0.3 is 12.4 Å². The van der Waals surface area contributed by atoms with E-state index in [0.29, 0.717) is 23.1 Å². The highest BCUT2D eigenvalue weighted by Gasteiger charge is 2.33. The van der Waals surface area contributed by atoms with E-state index in [1.54, 1.807) is 0 Å². The number of aromatic nitrogens is 3. The van der Waals surface area contributed by atoms with Crippen LogP contribution in [0.4, 0.5) is 23.7 Å². The summed E-state index contributed by atoms with van der Waals surface area (Å²) in [5.74, 6) is 6.55. The average molecular weight is 661 g/mol. The Morgan fingerprint density at radius 2 is 1.81 bits per heavy atom. The van der Waals surface area contributed by atoms with E-state index in [2.05, 4.69) is 50.8 Å². The molecule has 1 unspecified atom stereocenters. The number of benzene rings is 3. The number of hydrogen-bond acceptors (Lipinski definition) is 6. The number of aliphatic imine (C=N–C) groups is 1. The molecule has 1 atom stereocenters. The van der Waals surface area contributed by atoms with Crippen LogP contribution in [0.15, 0.2) is 78.0 Å². The molecule has 5 rings (SSSR count). The van der Waals surface area contributed by atoms with Crippen molar-refractivity contribution in [3.8, 4) is 34.7 Å². The van der Waals surface area contributed by atoms with Crippen molar-refractivity contribution in [2.75, 3.05) is 10.7 Å². The number of aryl methyl sites for hydroxylation is 1. The van der Waals surface area contributed by atoms with Crippen molar-refractivity contribution in [2.24, 2.45) is 4.99 Å². The Kier molecular flexibility index (Phi) is 10.0. The zero-order valence-electron chi connectivity index (χ0n) is 26.0. The molecule has 3 amide bonds. The summed E-state index contributed by atoms with van der Waals surface area (Å²) < 4.78 is 42.6. The lowest BCUT2D eigenvalue weighted by molar-refractivity contribution is -0.274. The number of amidine groups is 1. The Labute approximate surface area is 274 Å². The van der Waals surface area contributed by atoms with E-state index in [9.17, 15) is 22.8 Å². The van der Waals surface area contributed by atoms with Gasteiger partial charge in [0.15, 0.2) is 11.0 Å². The Hall–Kier alpha value is -5.09. The lowest BCUT2D eigenvalue weighted by Crippen LogP contribution is -2.34. The Morgan fingerprint density at radius 3 is 2.49 bits per heavy atom. The highest BCUT2D eigenvalue weighted by Crippen LogP contribution is 2.34. The van der Waals surface area contributed by atoms with Crippen molar-refractivity contribution >= 4 is 34.6 Å². The second-order valence-corrected chi connectivity index (χ2v) is 12.1. The standard InChI is InChI=1S/C34H31F3N6O3S/c1-21(2)28-17-8-22(3)18-29(28)43-30(44)19-47-33(43)40-32(45)39-23(4)6-5-7-24-9-11-25(12-10-24)31-38-20-42(41-31)26-13-15-27(16-14-26)46-34(35,36)37/h8-18,20-21,23H,6,19H2,1-4H3,(H,39,45). The Bertz CT molecular complexity index is 1860. The number of amides is 3. The zero-order chi connectivity index (χ0) is 33.7. The number of halogens is 3. The van der Waals surface area contributed by atoms with Crippen molar-refractivity contribution in [2.45, 2.75) is 52.4 Å². The van der Waals surface area contributed by atoms with Crippen LogP contribution < -0.4 is 15.0 Å². The van der Waals surface area contributed by atoms with Crippen molar-refractivity contribution in [3.63, 3.8) is 0 Å². The van der Waals surface area contributed by atoms with E-state index in [-0.39, 0.29) is 29.4 Å². The summed E-state index contributed by atoms with van der Waals surface area (Å²) in [5.41, 5.74) is 4.78. The number of thioether (sulfide) groups is 1. The maximum absolute atomic E-state index is 12.8. The number of hydrogen-bond donors (Lipinski definition) is 1. The first-order chi connectivity index (χ1) is 22.4. The minimum absolute atomic E-state index is 0.115. The highest BCUT2D eigenvalue weighted by atomic mass is 32.2. The molecule has 0 radical (unpaired) electrons. The fourth-order valence-electron chi connectivity index (χ4n) is 4.73. The molecule has 13 heteroatoms. The summed E-state index contributed by atoms with van der Waals surface area (Å²) in [6, 6.07) is 17.7. The van der Waals surface area contributed by atoms with Crippen molar-refractivity contribution in [3.05, 3.63) is 89.7 Å². The summed E-state index contributed by atoms with van der Waals surface area (Å²) in [5, 5.41) is 7.59. The third-order valence-corrected chi connectivity index (χ3v) is 7.92. The minimum atomic E-state index is -4.76. The molecule has 0 saturated carbocycles. The van der Waals surface area contributed by atoms with Crippen LogP contribution in [0.1, 0.15) is 49.8 Å². The number of ether oxygens (including phenoxy) is 1. The van der Waals surface area contributed by atoms with Crippen LogP contribution in [0, 0.1) is 18.8 Å². The molecule has 47 heavy (non-hydrogen) atoms. The van der Waals surface area contributed by atoms with Crippen molar-refractivity contribution in [1.29, 1.82) is 0 Å². The fourth-order valence-corrected chi connectivity index (χ4v) is 5.59. The Balaban J connectivity index is 1.17. The largest absolute Gasteiger partial charge is 0.573 e. The molecule has 1 fully saturated rings. The predicted octanol–water partition coefficient (Wildman–Crippen LogP) is 7.24. The third-order valence-electron chi connectivity index (χ3n) is 6.99. The predicted molar refractivity (Wildman–Crippen MR) is 176 cm³/mol. The molecule has 4 aromatic rings. The molecule has 242 valence electrons. The van der Waals surface area contributed by atoms with E-state index in [1.165, 1.54) is 51.9 Å². The average Bonchev–Trinajstić information content (AvgIpc) is 3.64. The molecule has 9 nitrogen and oxygen atoms in total. The van der Waals surface area contributed by atoms with Crippen LogP contribution in [-0.2, 0) is 4.79 Å². The number of rotatable bonds is 7. The van der Waals surface area contributed by atoms with Gasteiger partial charge in [-0.25, -0.2) is 14.5 Å². The summed E-state index contributed by atoms with van der Waals surface area (Å²) >= 11 is 1.24. The maximum Gasteiger partial charge on any atom is 0.573 e. The lowest BCUT2D eigenvalue weighted by atomic mass is 9.99. The molecule has 2 heterocycles. The number of alkyl halides is 3. The lowest BCUT2D eigenvalue weighted by Gasteiger charge is -2.22. The van der Waals surface area contributed by atoms with Gasteiger partial charge in [-0.2, -0.15) is 4.99 Å². The monoisotopic (exact) mass is 660 g/mol. The van der Waals surface area contributed by atoms with Gasteiger partial charge in [0.25, 0.3) is 0 Å². The second kappa shape index (κ2) is 14.1. The molecule has 1 saturated heterocycles. The summed E-state index contributed by atoms with van der Waals surface area (Å²) in [4.78, 5) is 35.6. The molecule has 0 spiro atoms. The number of urea groups is 1. The van der Waals surface area contributed by atoms with Gasteiger partial charge in [-0.1, -0.05) is 49.6 Å². The van der Waals surface area contributed by atoms with Gasteiger partial charge in [0, 0.05) is 23.6 Å². The normalized spacial score (nSPS) is 14.7. The molecular weight excluding hydrogens is 629 g/mol. The Morgan fingerprint density at radius 1 is 1.09 bits per heavy atom. The third kappa shape index (κ3) is 8.59. The van der Waals surface area contributed by atoms with Crippen molar-refractivity contribution < 1.29 is 27.5 Å². The van der Waals surface area contributed by atoms with Crippen molar-refractivity contribution in [1.82, 2.24) is 20.1 Å². The smallest absolute Gasteiger partial charge is 0.406 e. The van der Waals surface area contributed by atoms with Crippen LogP contribution >= 0.6 is 11.8 Å². The zero-order valence-corrected chi connectivity index (χ0v) is 26.8. The van der Waals surface area contributed by atoms with E-state index in [4.69, 9.17) is 0 Å². The number of nitrogens with zero attached hydrogens (tertiary/aromatic N) is 5. The van der Waals surface area contributed by atoms with E-state index < -0.39 is 12.4 Å². The molecule has 1 aromatic heterocycles. The first-order valence-electron chi connectivity index (χ1n) is 14.7. The molecule has 1 aliphatic heterocycles. The number of nitrogens with one attached hydrogen (secondary N) is 1. The number of carbonyl (C=O) groups is 2. The van der Waals surface area contributed by atoms with Gasteiger partial charge in [0.2, 0.25) is 5.91 Å². The summed E-state index contributed by atoms with van der Waals surface area (Å²) in [7, 11) is 0. The summed E-state index contributed by atoms with van der Waals surface area (Å²) in [6.07, 6.45) is -2.92. The molecule has 0 aliphatic carbocycles. The van der Waals surface area contributed by atoms with Crippen LogP contribution in [0.25, 0.3) is 17.1 Å². The number of carbonyl (C=O) groups excluding carboxylic acids is 2. The highest BCUT2D eigenvalue weighted by molar-refractivity contribution is 8.15.